The first-order valence-electron chi connectivity index (χ1n) is 4.87. The van der Waals surface area contributed by atoms with Gasteiger partial charge in [-0.1, -0.05) is 0 Å². The molecule has 0 spiro atoms. The fourth-order valence-corrected chi connectivity index (χ4v) is 3.32. The summed E-state index contributed by atoms with van der Waals surface area (Å²) in [5.41, 5.74) is -0.0701. The van der Waals surface area contributed by atoms with Crippen LogP contribution in [0.25, 0.3) is 0 Å². The van der Waals surface area contributed by atoms with Gasteiger partial charge in [-0.25, -0.2) is 12.8 Å². The first-order chi connectivity index (χ1) is 8.18. The largest absolute Gasteiger partial charge is 0.342 e. The average Bonchev–Trinajstić information content (AvgIpc) is 2.28. The van der Waals surface area contributed by atoms with Crippen LogP contribution in [0.5, 0.6) is 0 Å². The molecule has 0 N–H and O–H groups in total. The Morgan fingerprint density at radius 1 is 1.50 bits per heavy atom. The van der Waals surface area contributed by atoms with Crippen LogP contribution in [-0.2, 0) is 9.05 Å². The number of nitrogens with zero attached hydrogens (tertiary/aromatic N) is 1. The zero-order valence-electron chi connectivity index (χ0n) is 9.58. The molecule has 0 aliphatic carbocycles. The Morgan fingerprint density at radius 3 is 2.50 bits per heavy atom. The molecular weight excluding hydrogens is 349 g/mol. The van der Waals surface area contributed by atoms with E-state index in [1.807, 2.05) is 0 Å². The van der Waals surface area contributed by atoms with E-state index in [0.717, 1.165) is 12.1 Å². The second-order valence-electron chi connectivity index (χ2n) is 3.53. The van der Waals surface area contributed by atoms with E-state index in [9.17, 15) is 17.6 Å². The third kappa shape index (κ3) is 3.21. The van der Waals surface area contributed by atoms with Crippen LogP contribution in [0.1, 0.15) is 17.3 Å². The van der Waals surface area contributed by atoms with E-state index in [2.05, 4.69) is 15.9 Å². The molecule has 0 saturated carbocycles. The molecule has 0 heterocycles. The van der Waals surface area contributed by atoms with Gasteiger partial charge in [0, 0.05) is 29.8 Å². The molecule has 1 rings (SSSR count). The number of carbonyl (C=O) groups excluding carboxylic acids is 1. The minimum atomic E-state index is -4.13. The number of hydrogen-bond acceptors (Lipinski definition) is 3. The predicted molar refractivity (Wildman–Crippen MR) is 69.8 cm³/mol. The van der Waals surface area contributed by atoms with Crippen molar-refractivity contribution in [1.82, 2.24) is 4.90 Å². The van der Waals surface area contributed by atoms with Gasteiger partial charge in [0.1, 0.15) is 10.7 Å². The average molecular weight is 359 g/mol. The fraction of sp³-hybridized carbons (Fsp3) is 0.300. The standard InChI is InChI=1S/C10H10BrClFNO3S/c1-3-14(2)10(15)6-4-7(13)9(11)8(5-6)18(12,16)17/h4-5H,3H2,1-2H3. The van der Waals surface area contributed by atoms with Gasteiger partial charge < -0.3 is 4.90 Å². The van der Waals surface area contributed by atoms with Crippen LogP contribution >= 0.6 is 26.6 Å². The molecule has 8 heteroatoms. The monoisotopic (exact) mass is 357 g/mol. The Hall–Kier alpha value is -0.660. The van der Waals surface area contributed by atoms with Gasteiger partial charge >= 0.3 is 0 Å². The normalized spacial score (nSPS) is 11.4. The SMILES string of the molecule is CCN(C)C(=O)c1cc(F)c(Br)c(S(=O)(=O)Cl)c1. The first-order valence-corrected chi connectivity index (χ1v) is 7.98. The summed E-state index contributed by atoms with van der Waals surface area (Å²) in [6.45, 7) is 2.16. The molecule has 100 valence electrons. The number of benzene rings is 1. The van der Waals surface area contributed by atoms with Crippen LogP contribution in [0.4, 0.5) is 4.39 Å². The lowest BCUT2D eigenvalue weighted by atomic mass is 10.2. The number of carbonyl (C=O) groups is 1. The van der Waals surface area contributed by atoms with Crippen molar-refractivity contribution in [2.24, 2.45) is 0 Å². The van der Waals surface area contributed by atoms with E-state index in [1.165, 1.54) is 11.9 Å². The van der Waals surface area contributed by atoms with E-state index in [1.54, 1.807) is 6.92 Å². The molecule has 4 nitrogen and oxygen atoms in total. The highest BCUT2D eigenvalue weighted by atomic mass is 79.9. The fourth-order valence-electron chi connectivity index (χ4n) is 1.23. The van der Waals surface area contributed by atoms with Crippen LogP contribution in [-0.4, -0.2) is 32.8 Å². The quantitative estimate of drug-likeness (QED) is 0.781. The molecule has 0 unspecified atom stereocenters. The lowest BCUT2D eigenvalue weighted by Crippen LogP contribution is -2.26. The lowest BCUT2D eigenvalue weighted by Gasteiger charge is -2.15. The molecular formula is C10H10BrClFNO3S. The van der Waals surface area contributed by atoms with E-state index in [-0.39, 0.29) is 10.0 Å². The third-order valence-corrected chi connectivity index (χ3v) is 4.74. The number of halogens is 3. The number of amides is 1. The van der Waals surface area contributed by atoms with Crippen LogP contribution in [0.3, 0.4) is 0 Å². The van der Waals surface area contributed by atoms with Gasteiger partial charge in [-0.2, -0.15) is 0 Å². The second-order valence-corrected chi connectivity index (χ2v) is 6.85. The van der Waals surface area contributed by atoms with Gasteiger partial charge in [-0.05, 0) is 35.0 Å². The highest BCUT2D eigenvalue weighted by Gasteiger charge is 2.22. The summed E-state index contributed by atoms with van der Waals surface area (Å²) < 4.78 is 35.8. The van der Waals surface area contributed by atoms with E-state index >= 15 is 0 Å². The van der Waals surface area contributed by atoms with Crippen LogP contribution < -0.4 is 0 Å². The second kappa shape index (κ2) is 5.54. The van der Waals surface area contributed by atoms with Crippen LogP contribution in [0.2, 0.25) is 0 Å². The van der Waals surface area contributed by atoms with Crippen molar-refractivity contribution in [3.63, 3.8) is 0 Å². The van der Waals surface area contributed by atoms with Crippen molar-refractivity contribution < 1.29 is 17.6 Å². The summed E-state index contributed by atoms with van der Waals surface area (Å²) in [6, 6.07) is 2.01. The molecule has 0 aliphatic heterocycles. The topological polar surface area (TPSA) is 54.5 Å². The van der Waals surface area contributed by atoms with Gasteiger partial charge in [-0.3, -0.25) is 4.79 Å². The summed E-state index contributed by atoms with van der Waals surface area (Å²) in [5, 5.41) is 0. The molecule has 0 atom stereocenters. The van der Waals surface area contributed by atoms with Gasteiger partial charge in [0.15, 0.2) is 0 Å². The van der Waals surface area contributed by atoms with Crippen LogP contribution in [0.15, 0.2) is 21.5 Å². The maximum Gasteiger partial charge on any atom is 0.262 e. The number of hydrogen-bond donors (Lipinski definition) is 0. The van der Waals surface area contributed by atoms with Crippen molar-refractivity contribution in [3.05, 3.63) is 28.0 Å². The van der Waals surface area contributed by atoms with Gasteiger partial charge in [0.2, 0.25) is 0 Å². The van der Waals surface area contributed by atoms with Crippen molar-refractivity contribution in [1.29, 1.82) is 0 Å². The molecule has 0 aliphatic rings. The summed E-state index contributed by atoms with van der Waals surface area (Å²) >= 11 is 2.79. The Labute approximate surface area is 117 Å². The van der Waals surface area contributed by atoms with Crippen molar-refractivity contribution in [2.45, 2.75) is 11.8 Å². The van der Waals surface area contributed by atoms with E-state index in [4.69, 9.17) is 10.7 Å². The van der Waals surface area contributed by atoms with E-state index < -0.39 is 25.7 Å². The summed E-state index contributed by atoms with van der Waals surface area (Å²) in [4.78, 5) is 12.7. The summed E-state index contributed by atoms with van der Waals surface area (Å²) in [6.07, 6.45) is 0. The molecule has 0 radical (unpaired) electrons. The third-order valence-electron chi connectivity index (χ3n) is 2.33. The van der Waals surface area contributed by atoms with Crippen molar-refractivity contribution >= 4 is 41.6 Å². The molecule has 0 aromatic heterocycles. The highest BCUT2D eigenvalue weighted by Crippen LogP contribution is 2.29. The lowest BCUT2D eigenvalue weighted by molar-refractivity contribution is 0.0801. The maximum atomic E-state index is 13.6. The predicted octanol–water partition coefficient (Wildman–Crippen LogP) is 2.61. The van der Waals surface area contributed by atoms with Gasteiger partial charge in [0.05, 0.1) is 4.47 Å². The van der Waals surface area contributed by atoms with Crippen LogP contribution in [0, 0.1) is 5.82 Å². The smallest absolute Gasteiger partial charge is 0.262 e. The Kier molecular flexibility index (Phi) is 4.74. The molecule has 0 fully saturated rings. The van der Waals surface area contributed by atoms with Gasteiger partial charge in [0.25, 0.3) is 15.0 Å². The summed E-state index contributed by atoms with van der Waals surface area (Å²) in [7, 11) is 2.57. The Morgan fingerprint density at radius 2 is 2.06 bits per heavy atom. The number of rotatable bonds is 3. The Bertz CT molecular complexity index is 591. The Balaban J connectivity index is 3.43. The van der Waals surface area contributed by atoms with Gasteiger partial charge in [-0.15, -0.1) is 0 Å². The van der Waals surface area contributed by atoms with E-state index in [0.29, 0.717) is 6.54 Å². The maximum absolute atomic E-state index is 13.6. The molecule has 0 bridgehead atoms. The molecule has 18 heavy (non-hydrogen) atoms. The molecule has 1 aromatic rings. The highest BCUT2D eigenvalue weighted by molar-refractivity contribution is 9.10. The first kappa shape index (κ1) is 15.4. The molecule has 1 amide bonds. The van der Waals surface area contributed by atoms with Crippen molar-refractivity contribution in [3.8, 4) is 0 Å². The van der Waals surface area contributed by atoms with Crippen molar-refractivity contribution in [2.75, 3.05) is 13.6 Å². The minimum Gasteiger partial charge on any atom is -0.342 e. The zero-order chi connectivity index (χ0) is 14.1. The summed E-state index contributed by atoms with van der Waals surface area (Å²) in [5.74, 6) is -1.34. The minimum absolute atomic E-state index is 0.0701. The molecule has 0 saturated heterocycles. The molecule has 1 aromatic carbocycles. The zero-order valence-corrected chi connectivity index (χ0v) is 12.7.